The van der Waals surface area contributed by atoms with Gasteiger partial charge in [0.25, 0.3) is 0 Å². The van der Waals surface area contributed by atoms with Crippen LogP contribution in [0.5, 0.6) is 0 Å². The second-order valence-corrected chi connectivity index (χ2v) is 4.25. The molecule has 0 saturated heterocycles. The third-order valence-corrected chi connectivity index (χ3v) is 2.51. The third-order valence-electron chi connectivity index (χ3n) is 2.51. The Labute approximate surface area is 112 Å². The quantitative estimate of drug-likeness (QED) is 0.769. The number of hydrogen-bond acceptors (Lipinski definition) is 6. The molecular weight excluding hydrogens is 240 g/mol. The molecule has 0 unspecified atom stereocenters. The van der Waals surface area contributed by atoms with E-state index in [2.05, 4.69) is 30.6 Å². The predicted molar refractivity (Wildman–Crippen MR) is 75.1 cm³/mol. The van der Waals surface area contributed by atoms with Crippen molar-refractivity contribution in [3.8, 4) is 0 Å². The van der Waals surface area contributed by atoms with Crippen molar-refractivity contribution in [1.29, 1.82) is 0 Å². The first-order chi connectivity index (χ1) is 9.24. The minimum Gasteiger partial charge on any atom is -0.354 e. The van der Waals surface area contributed by atoms with Gasteiger partial charge in [-0.15, -0.1) is 0 Å². The van der Waals surface area contributed by atoms with Gasteiger partial charge in [0, 0.05) is 36.9 Å². The van der Waals surface area contributed by atoms with Gasteiger partial charge < -0.3 is 10.6 Å². The first kappa shape index (κ1) is 13.2. The van der Waals surface area contributed by atoms with E-state index in [0.29, 0.717) is 11.9 Å². The number of anilines is 2. The Hall–Kier alpha value is -2.24. The van der Waals surface area contributed by atoms with Crippen molar-refractivity contribution >= 4 is 11.9 Å². The fourth-order valence-electron chi connectivity index (χ4n) is 1.56. The van der Waals surface area contributed by atoms with Gasteiger partial charge in [0.05, 0.1) is 0 Å². The lowest BCUT2D eigenvalue weighted by Crippen LogP contribution is -2.12. The molecule has 0 aliphatic heterocycles. The van der Waals surface area contributed by atoms with E-state index in [0.717, 1.165) is 30.9 Å². The van der Waals surface area contributed by atoms with Gasteiger partial charge in [0.1, 0.15) is 0 Å². The molecule has 0 bridgehead atoms. The molecule has 0 aliphatic carbocycles. The molecule has 0 radical (unpaired) electrons. The Bertz CT molecular complexity index is 481. The summed E-state index contributed by atoms with van der Waals surface area (Å²) in [6.45, 7) is 5.51. The zero-order valence-corrected chi connectivity index (χ0v) is 11.2. The standard InChI is InChI=1S/C13H18N6/c1-10-4-8-16-12(18-10)14-6-3-7-15-13-17-9-5-11(2)19-13/h4-5,8-9H,3,6-7H2,1-2H3,(H,14,16,18)(H,15,17,19). The van der Waals surface area contributed by atoms with Crippen LogP contribution in [0.3, 0.4) is 0 Å². The molecule has 0 saturated carbocycles. The van der Waals surface area contributed by atoms with Gasteiger partial charge in [0.2, 0.25) is 11.9 Å². The van der Waals surface area contributed by atoms with Gasteiger partial charge in [-0.1, -0.05) is 0 Å². The molecular formula is C13H18N6. The summed E-state index contributed by atoms with van der Waals surface area (Å²) < 4.78 is 0. The molecule has 2 N–H and O–H groups in total. The van der Waals surface area contributed by atoms with Gasteiger partial charge >= 0.3 is 0 Å². The molecule has 2 rings (SSSR count). The molecule has 100 valence electrons. The molecule has 0 aliphatic rings. The van der Waals surface area contributed by atoms with Crippen LogP contribution in [-0.4, -0.2) is 33.0 Å². The van der Waals surface area contributed by atoms with E-state index in [9.17, 15) is 0 Å². The number of nitrogens with one attached hydrogen (secondary N) is 2. The summed E-state index contributed by atoms with van der Waals surface area (Å²) in [5, 5.41) is 6.36. The highest BCUT2D eigenvalue weighted by Gasteiger charge is 1.97. The van der Waals surface area contributed by atoms with E-state index in [1.807, 2.05) is 26.0 Å². The Kier molecular flexibility index (Phi) is 4.60. The third kappa shape index (κ3) is 4.50. The monoisotopic (exact) mass is 258 g/mol. The van der Waals surface area contributed by atoms with Crippen LogP contribution in [0.4, 0.5) is 11.9 Å². The van der Waals surface area contributed by atoms with Crippen LogP contribution in [-0.2, 0) is 0 Å². The van der Waals surface area contributed by atoms with Gasteiger partial charge in [-0.3, -0.25) is 0 Å². The Balaban J connectivity index is 1.67. The van der Waals surface area contributed by atoms with E-state index < -0.39 is 0 Å². The smallest absolute Gasteiger partial charge is 0.222 e. The molecule has 0 fully saturated rings. The summed E-state index contributed by atoms with van der Waals surface area (Å²) in [6.07, 6.45) is 4.45. The molecule has 0 spiro atoms. The van der Waals surface area contributed by atoms with E-state index >= 15 is 0 Å². The summed E-state index contributed by atoms with van der Waals surface area (Å²) in [5.74, 6) is 1.35. The Morgan fingerprint density at radius 1 is 0.842 bits per heavy atom. The molecule has 0 atom stereocenters. The van der Waals surface area contributed by atoms with Crippen LogP contribution < -0.4 is 10.6 Å². The molecule has 6 heteroatoms. The minimum atomic E-state index is 0.673. The van der Waals surface area contributed by atoms with Crippen LogP contribution in [0.25, 0.3) is 0 Å². The molecule has 19 heavy (non-hydrogen) atoms. The zero-order chi connectivity index (χ0) is 13.5. The summed E-state index contributed by atoms with van der Waals surface area (Å²) in [4.78, 5) is 16.8. The molecule has 0 aromatic carbocycles. The SMILES string of the molecule is Cc1ccnc(NCCCNc2nccc(C)n2)n1. The van der Waals surface area contributed by atoms with Crippen molar-refractivity contribution in [1.82, 2.24) is 19.9 Å². The minimum absolute atomic E-state index is 0.673. The van der Waals surface area contributed by atoms with Crippen LogP contribution >= 0.6 is 0 Å². The highest BCUT2D eigenvalue weighted by Crippen LogP contribution is 2.00. The maximum Gasteiger partial charge on any atom is 0.222 e. The molecule has 6 nitrogen and oxygen atoms in total. The summed E-state index contributed by atoms with van der Waals surface area (Å²) >= 11 is 0. The van der Waals surface area contributed by atoms with Crippen molar-refractivity contribution < 1.29 is 0 Å². The van der Waals surface area contributed by atoms with Gasteiger partial charge in [-0.25, -0.2) is 19.9 Å². The summed E-state index contributed by atoms with van der Waals surface area (Å²) in [6, 6.07) is 3.75. The summed E-state index contributed by atoms with van der Waals surface area (Å²) in [5.41, 5.74) is 1.92. The second-order valence-electron chi connectivity index (χ2n) is 4.25. The molecule has 2 aromatic heterocycles. The summed E-state index contributed by atoms with van der Waals surface area (Å²) in [7, 11) is 0. The van der Waals surface area contributed by atoms with Crippen LogP contribution in [0.2, 0.25) is 0 Å². The van der Waals surface area contributed by atoms with Crippen LogP contribution in [0.1, 0.15) is 17.8 Å². The molecule has 0 amide bonds. The predicted octanol–water partition coefficient (Wildman–Crippen LogP) is 1.80. The first-order valence-electron chi connectivity index (χ1n) is 6.31. The van der Waals surface area contributed by atoms with E-state index in [1.54, 1.807) is 12.4 Å². The number of nitrogens with zero attached hydrogens (tertiary/aromatic N) is 4. The Morgan fingerprint density at radius 2 is 1.32 bits per heavy atom. The van der Waals surface area contributed by atoms with Crippen molar-refractivity contribution in [2.45, 2.75) is 20.3 Å². The van der Waals surface area contributed by atoms with Crippen LogP contribution in [0.15, 0.2) is 24.5 Å². The normalized spacial score (nSPS) is 10.2. The van der Waals surface area contributed by atoms with Gasteiger partial charge in [-0.2, -0.15) is 0 Å². The fraction of sp³-hybridized carbons (Fsp3) is 0.385. The molecule has 2 heterocycles. The zero-order valence-electron chi connectivity index (χ0n) is 11.2. The van der Waals surface area contributed by atoms with Gasteiger partial charge in [-0.05, 0) is 32.4 Å². The van der Waals surface area contributed by atoms with Crippen molar-refractivity contribution in [3.63, 3.8) is 0 Å². The fourth-order valence-corrected chi connectivity index (χ4v) is 1.56. The largest absolute Gasteiger partial charge is 0.354 e. The topological polar surface area (TPSA) is 75.6 Å². The maximum atomic E-state index is 4.27. The average Bonchev–Trinajstić information content (AvgIpc) is 2.38. The highest BCUT2D eigenvalue weighted by atomic mass is 15.1. The molecule has 2 aromatic rings. The Morgan fingerprint density at radius 3 is 1.74 bits per heavy atom. The van der Waals surface area contributed by atoms with E-state index in [4.69, 9.17) is 0 Å². The highest BCUT2D eigenvalue weighted by molar-refractivity contribution is 5.26. The number of rotatable bonds is 6. The number of aryl methyl sites for hydroxylation is 2. The van der Waals surface area contributed by atoms with E-state index in [-0.39, 0.29) is 0 Å². The lowest BCUT2D eigenvalue weighted by atomic mass is 10.4. The number of aromatic nitrogens is 4. The lowest BCUT2D eigenvalue weighted by molar-refractivity contribution is 0.879. The average molecular weight is 258 g/mol. The maximum absolute atomic E-state index is 4.27. The van der Waals surface area contributed by atoms with Gasteiger partial charge in [0.15, 0.2) is 0 Å². The van der Waals surface area contributed by atoms with E-state index in [1.165, 1.54) is 0 Å². The van der Waals surface area contributed by atoms with Crippen molar-refractivity contribution in [3.05, 3.63) is 35.9 Å². The number of hydrogen-bond donors (Lipinski definition) is 2. The van der Waals surface area contributed by atoms with Crippen molar-refractivity contribution in [2.24, 2.45) is 0 Å². The van der Waals surface area contributed by atoms with Crippen molar-refractivity contribution in [2.75, 3.05) is 23.7 Å². The lowest BCUT2D eigenvalue weighted by Gasteiger charge is -2.06. The first-order valence-corrected chi connectivity index (χ1v) is 6.31. The second kappa shape index (κ2) is 6.63. The van der Waals surface area contributed by atoms with Crippen LogP contribution in [0, 0.1) is 13.8 Å².